The van der Waals surface area contributed by atoms with Crippen LogP contribution in [0, 0.1) is 0 Å². The van der Waals surface area contributed by atoms with Gasteiger partial charge in [0.05, 0.1) is 6.54 Å². The Labute approximate surface area is 111 Å². The predicted molar refractivity (Wildman–Crippen MR) is 75.8 cm³/mol. The van der Waals surface area contributed by atoms with Gasteiger partial charge in [-0.2, -0.15) is 0 Å². The van der Waals surface area contributed by atoms with E-state index in [1.165, 1.54) is 4.88 Å². The summed E-state index contributed by atoms with van der Waals surface area (Å²) in [5.41, 5.74) is 7.97. The summed E-state index contributed by atoms with van der Waals surface area (Å²) in [6.45, 7) is 1.40. The van der Waals surface area contributed by atoms with Crippen molar-refractivity contribution in [2.24, 2.45) is 5.73 Å². The number of hydrogen-bond acceptors (Lipinski definition) is 3. The Morgan fingerprint density at radius 1 is 1.35 bits per heavy atom. The number of anilines is 1. The van der Waals surface area contributed by atoms with E-state index < -0.39 is 0 Å². The molecule has 2 N–H and O–H groups in total. The molecule has 4 heteroatoms. The average Bonchev–Trinajstić information content (AvgIpc) is 2.81. The highest BCUT2D eigenvalue weighted by Crippen LogP contribution is 2.25. The quantitative estimate of drug-likeness (QED) is 0.918. The Kier molecular flexibility index (Phi) is 4.05. The molecule has 1 aromatic carbocycles. The second kappa shape index (κ2) is 5.54. The molecule has 0 spiro atoms. The Bertz CT molecular complexity index is 482. The maximum atomic E-state index is 5.97. The molecular formula is C13H15ClN2S. The second-order valence-electron chi connectivity index (χ2n) is 3.91. The largest absolute Gasteiger partial charge is 0.369 e. The summed E-state index contributed by atoms with van der Waals surface area (Å²) >= 11 is 7.73. The predicted octanol–water partition coefficient (Wildman–Crippen LogP) is 3.50. The minimum atomic E-state index is 0.505. The molecular weight excluding hydrogens is 252 g/mol. The standard InChI is InChI=1S/C13H15ClN2S/c1-16(9-12-3-2-6-17-12)13-5-4-11(14)7-10(13)8-15/h2-7H,8-9,15H2,1H3. The molecule has 0 amide bonds. The van der Waals surface area contributed by atoms with Gasteiger partial charge in [-0.05, 0) is 35.2 Å². The number of benzene rings is 1. The maximum Gasteiger partial charge on any atom is 0.0519 e. The molecule has 2 nitrogen and oxygen atoms in total. The third-order valence-electron chi connectivity index (χ3n) is 2.65. The first-order valence-electron chi connectivity index (χ1n) is 5.42. The lowest BCUT2D eigenvalue weighted by Gasteiger charge is -2.21. The van der Waals surface area contributed by atoms with Gasteiger partial charge in [0, 0.05) is 29.2 Å². The molecule has 1 aromatic heterocycles. The van der Waals surface area contributed by atoms with Gasteiger partial charge < -0.3 is 10.6 Å². The summed E-state index contributed by atoms with van der Waals surface area (Å²) in [4.78, 5) is 3.54. The number of halogens is 1. The van der Waals surface area contributed by atoms with Crippen LogP contribution in [0.5, 0.6) is 0 Å². The zero-order valence-corrected chi connectivity index (χ0v) is 11.3. The van der Waals surface area contributed by atoms with Crippen LogP contribution in [-0.2, 0) is 13.1 Å². The van der Waals surface area contributed by atoms with Gasteiger partial charge in [-0.25, -0.2) is 0 Å². The minimum absolute atomic E-state index is 0.505. The molecule has 0 aliphatic rings. The summed E-state index contributed by atoms with van der Waals surface area (Å²) in [7, 11) is 2.07. The molecule has 17 heavy (non-hydrogen) atoms. The molecule has 2 rings (SSSR count). The molecule has 0 aliphatic heterocycles. The fraction of sp³-hybridized carbons (Fsp3) is 0.231. The number of rotatable bonds is 4. The lowest BCUT2D eigenvalue weighted by Crippen LogP contribution is -2.18. The van der Waals surface area contributed by atoms with Gasteiger partial charge in [0.2, 0.25) is 0 Å². The highest BCUT2D eigenvalue weighted by molar-refractivity contribution is 7.09. The zero-order chi connectivity index (χ0) is 12.3. The van der Waals surface area contributed by atoms with Crippen molar-refractivity contribution < 1.29 is 0 Å². The van der Waals surface area contributed by atoms with Gasteiger partial charge in [-0.15, -0.1) is 11.3 Å². The Morgan fingerprint density at radius 3 is 2.82 bits per heavy atom. The Morgan fingerprint density at radius 2 is 2.18 bits per heavy atom. The lowest BCUT2D eigenvalue weighted by molar-refractivity contribution is 0.918. The van der Waals surface area contributed by atoms with Crippen molar-refractivity contribution in [1.82, 2.24) is 0 Å². The SMILES string of the molecule is CN(Cc1cccs1)c1ccc(Cl)cc1CN. The zero-order valence-electron chi connectivity index (χ0n) is 9.69. The number of nitrogens with zero attached hydrogens (tertiary/aromatic N) is 1. The van der Waals surface area contributed by atoms with Crippen LogP contribution in [0.15, 0.2) is 35.7 Å². The molecule has 2 aromatic rings. The third-order valence-corrected chi connectivity index (χ3v) is 3.74. The smallest absolute Gasteiger partial charge is 0.0519 e. The molecule has 90 valence electrons. The van der Waals surface area contributed by atoms with Crippen LogP contribution in [0.25, 0.3) is 0 Å². The summed E-state index contributed by atoms with van der Waals surface area (Å²) in [6.07, 6.45) is 0. The van der Waals surface area contributed by atoms with Gasteiger partial charge in [-0.3, -0.25) is 0 Å². The first-order chi connectivity index (χ1) is 8.20. The van der Waals surface area contributed by atoms with E-state index in [-0.39, 0.29) is 0 Å². The van der Waals surface area contributed by atoms with Crippen LogP contribution in [-0.4, -0.2) is 7.05 Å². The molecule has 0 saturated heterocycles. The second-order valence-corrected chi connectivity index (χ2v) is 5.38. The van der Waals surface area contributed by atoms with Crippen molar-refractivity contribution in [1.29, 1.82) is 0 Å². The van der Waals surface area contributed by atoms with Crippen molar-refractivity contribution in [3.63, 3.8) is 0 Å². The van der Waals surface area contributed by atoms with E-state index in [1.54, 1.807) is 11.3 Å². The summed E-state index contributed by atoms with van der Waals surface area (Å²) < 4.78 is 0. The van der Waals surface area contributed by atoms with E-state index in [0.29, 0.717) is 6.54 Å². The molecule has 0 radical (unpaired) electrons. The number of thiophene rings is 1. The summed E-state index contributed by atoms with van der Waals surface area (Å²) in [6, 6.07) is 10.1. The fourth-order valence-corrected chi connectivity index (χ4v) is 2.76. The minimum Gasteiger partial charge on any atom is -0.369 e. The third kappa shape index (κ3) is 3.00. The van der Waals surface area contributed by atoms with Crippen LogP contribution in [0.3, 0.4) is 0 Å². The molecule has 0 fully saturated rings. The van der Waals surface area contributed by atoms with Crippen LogP contribution < -0.4 is 10.6 Å². The summed E-state index contributed by atoms with van der Waals surface area (Å²) in [5, 5.41) is 2.83. The lowest BCUT2D eigenvalue weighted by atomic mass is 10.1. The molecule has 0 saturated carbocycles. The highest BCUT2D eigenvalue weighted by atomic mass is 35.5. The highest BCUT2D eigenvalue weighted by Gasteiger charge is 2.08. The van der Waals surface area contributed by atoms with Crippen LogP contribution >= 0.6 is 22.9 Å². The molecule has 0 bridgehead atoms. The van der Waals surface area contributed by atoms with Gasteiger partial charge >= 0.3 is 0 Å². The van der Waals surface area contributed by atoms with Crippen molar-refractivity contribution in [2.45, 2.75) is 13.1 Å². The average molecular weight is 267 g/mol. The van der Waals surface area contributed by atoms with Gasteiger partial charge in [0.15, 0.2) is 0 Å². The van der Waals surface area contributed by atoms with E-state index in [9.17, 15) is 0 Å². The van der Waals surface area contributed by atoms with Crippen LogP contribution in [0.2, 0.25) is 5.02 Å². The number of nitrogens with two attached hydrogens (primary N) is 1. The topological polar surface area (TPSA) is 29.3 Å². The van der Waals surface area contributed by atoms with E-state index in [1.807, 2.05) is 18.2 Å². The van der Waals surface area contributed by atoms with Gasteiger partial charge in [0.25, 0.3) is 0 Å². The fourth-order valence-electron chi connectivity index (χ4n) is 1.81. The van der Waals surface area contributed by atoms with Crippen molar-refractivity contribution in [3.05, 3.63) is 51.2 Å². The maximum absolute atomic E-state index is 5.97. The Hall–Kier alpha value is -1.03. The number of hydrogen-bond donors (Lipinski definition) is 1. The van der Waals surface area contributed by atoms with E-state index in [4.69, 9.17) is 17.3 Å². The van der Waals surface area contributed by atoms with Gasteiger partial charge in [-0.1, -0.05) is 17.7 Å². The van der Waals surface area contributed by atoms with E-state index in [0.717, 1.165) is 22.8 Å². The van der Waals surface area contributed by atoms with Crippen molar-refractivity contribution in [2.75, 3.05) is 11.9 Å². The van der Waals surface area contributed by atoms with E-state index in [2.05, 4.69) is 29.5 Å². The summed E-state index contributed by atoms with van der Waals surface area (Å²) in [5.74, 6) is 0. The van der Waals surface area contributed by atoms with Gasteiger partial charge in [0.1, 0.15) is 0 Å². The Balaban J connectivity index is 2.21. The van der Waals surface area contributed by atoms with Crippen molar-refractivity contribution in [3.8, 4) is 0 Å². The first-order valence-corrected chi connectivity index (χ1v) is 6.68. The molecule has 0 aliphatic carbocycles. The van der Waals surface area contributed by atoms with E-state index >= 15 is 0 Å². The molecule has 1 heterocycles. The monoisotopic (exact) mass is 266 g/mol. The normalized spacial score (nSPS) is 10.5. The molecule has 0 atom stereocenters. The van der Waals surface area contributed by atoms with Crippen LogP contribution in [0.1, 0.15) is 10.4 Å². The van der Waals surface area contributed by atoms with Crippen molar-refractivity contribution >= 4 is 28.6 Å². The first kappa shape index (κ1) is 12.4. The molecule has 0 unspecified atom stereocenters. The van der Waals surface area contributed by atoms with Crippen LogP contribution in [0.4, 0.5) is 5.69 Å².